The molecule has 110 valence electrons. The highest BCUT2D eigenvalue weighted by Crippen LogP contribution is 2.24. The summed E-state index contributed by atoms with van der Waals surface area (Å²) >= 11 is 6.02. The number of amides is 1. The number of carbonyl (C=O) groups excluding carboxylic acids is 1. The van der Waals surface area contributed by atoms with Crippen molar-refractivity contribution < 1.29 is 9.53 Å². The van der Waals surface area contributed by atoms with Gasteiger partial charge in [0.25, 0.3) is 5.91 Å². The SMILES string of the molecule is CC(Oc1ccccc1Cl)C(=O)NC1CCNCC1C. The largest absolute Gasteiger partial charge is 0.479 e. The van der Waals surface area contributed by atoms with Gasteiger partial charge in [-0.25, -0.2) is 0 Å². The van der Waals surface area contributed by atoms with Gasteiger partial charge in [0, 0.05) is 6.04 Å². The standard InChI is InChI=1S/C15H21ClN2O2/c1-10-9-17-8-7-13(10)18-15(19)11(2)20-14-6-4-3-5-12(14)16/h3-6,10-11,13,17H,7-9H2,1-2H3,(H,18,19). The monoisotopic (exact) mass is 296 g/mol. The van der Waals surface area contributed by atoms with Crippen LogP contribution in [-0.4, -0.2) is 31.1 Å². The molecule has 0 aromatic heterocycles. The van der Waals surface area contributed by atoms with Crippen molar-refractivity contribution >= 4 is 17.5 Å². The molecule has 0 spiro atoms. The van der Waals surface area contributed by atoms with E-state index in [1.807, 2.05) is 12.1 Å². The molecule has 1 heterocycles. The summed E-state index contributed by atoms with van der Waals surface area (Å²) in [6.07, 6.45) is 0.392. The third-order valence-electron chi connectivity index (χ3n) is 3.62. The van der Waals surface area contributed by atoms with Crippen LogP contribution >= 0.6 is 11.6 Å². The minimum atomic E-state index is -0.558. The molecule has 0 saturated carbocycles. The zero-order valence-corrected chi connectivity index (χ0v) is 12.6. The first-order valence-electron chi connectivity index (χ1n) is 7.00. The van der Waals surface area contributed by atoms with Crippen LogP contribution in [0.25, 0.3) is 0 Å². The summed E-state index contributed by atoms with van der Waals surface area (Å²) in [5.41, 5.74) is 0. The first kappa shape index (κ1) is 15.1. The molecule has 1 aliphatic heterocycles. The molecule has 5 heteroatoms. The Morgan fingerprint density at radius 1 is 1.50 bits per heavy atom. The highest BCUT2D eigenvalue weighted by atomic mass is 35.5. The number of hydrogen-bond donors (Lipinski definition) is 2. The number of hydrogen-bond acceptors (Lipinski definition) is 3. The predicted molar refractivity (Wildman–Crippen MR) is 80.1 cm³/mol. The van der Waals surface area contributed by atoms with Crippen LogP contribution < -0.4 is 15.4 Å². The first-order valence-corrected chi connectivity index (χ1v) is 7.38. The zero-order chi connectivity index (χ0) is 14.5. The molecular weight excluding hydrogens is 276 g/mol. The number of nitrogens with one attached hydrogen (secondary N) is 2. The van der Waals surface area contributed by atoms with Gasteiger partial charge >= 0.3 is 0 Å². The van der Waals surface area contributed by atoms with Crippen LogP contribution in [0.4, 0.5) is 0 Å². The second kappa shape index (κ2) is 6.95. The number of ether oxygens (including phenoxy) is 1. The van der Waals surface area contributed by atoms with E-state index in [0.29, 0.717) is 16.7 Å². The molecule has 0 bridgehead atoms. The van der Waals surface area contributed by atoms with Crippen LogP contribution in [0, 0.1) is 5.92 Å². The average molecular weight is 297 g/mol. The number of halogens is 1. The van der Waals surface area contributed by atoms with Gasteiger partial charge in [-0.1, -0.05) is 30.7 Å². The number of benzene rings is 1. The molecule has 1 amide bonds. The van der Waals surface area contributed by atoms with E-state index in [4.69, 9.17) is 16.3 Å². The number of para-hydroxylation sites is 1. The smallest absolute Gasteiger partial charge is 0.261 e. The Morgan fingerprint density at radius 2 is 2.25 bits per heavy atom. The Balaban J connectivity index is 1.90. The van der Waals surface area contributed by atoms with Crippen molar-refractivity contribution in [3.8, 4) is 5.75 Å². The van der Waals surface area contributed by atoms with Crippen LogP contribution in [0.1, 0.15) is 20.3 Å². The van der Waals surface area contributed by atoms with Crippen molar-refractivity contribution in [3.05, 3.63) is 29.3 Å². The van der Waals surface area contributed by atoms with Gasteiger partial charge in [-0.15, -0.1) is 0 Å². The summed E-state index contributed by atoms with van der Waals surface area (Å²) in [7, 11) is 0. The van der Waals surface area contributed by atoms with Crippen molar-refractivity contribution in [2.24, 2.45) is 5.92 Å². The van der Waals surface area contributed by atoms with Crippen LogP contribution in [0.2, 0.25) is 5.02 Å². The van der Waals surface area contributed by atoms with Gasteiger partial charge in [0.15, 0.2) is 6.10 Å². The van der Waals surface area contributed by atoms with E-state index in [1.54, 1.807) is 19.1 Å². The quantitative estimate of drug-likeness (QED) is 0.896. The predicted octanol–water partition coefficient (Wildman–Crippen LogP) is 2.22. The summed E-state index contributed by atoms with van der Waals surface area (Å²) in [4.78, 5) is 12.2. The fourth-order valence-electron chi connectivity index (χ4n) is 2.31. The Hall–Kier alpha value is -1.26. The maximum absolute atomic E-state index is 12.2. The molecular formula is C15H21ClN2O2. The number of piperidine rings is 1. The highest BCUT2D eigenvalue weighted by molar-refractivity contribution is 6.32. The van der Waals surface area contributed by atoms with Crippen molar-refractivity contribution in [1.82, 2.24) is 10.6 Å². The van der Waals surface area contributed by atoms with E-state index in [2.05, 4.69) is 17.6 Å². The third-order valence-corrected chi connectivity index (χ3v) is 3.93. The van der Waals surface area contributed by atoms with E-state index in [0.717, 1.165) is 19.5 Å². The van der Waals surface area contributed by atoms with Crippen LogP contribution in [0.15, 0.2) is 24.3 Å². The molecule has 1 saturated heterocycles. The summed E-state index contributed by atoms with van der Waals surface area (Å²) in [6, 6.07) is 7.38. The Morgan fingerprint density at radius 3 is 2.95 bits per heavy atom. The van der Waals surface area contributed by atoms with Gasteiger partial charge in [-0.3, -0.25) is 4.79 Å². The maximum atomic E-state index is 12.2. The van der Waals surface area contributed by atoms with Crippen LogP contribution in [0.5, 0.6) is 5.75 Å². The van der Waals surface area contributed by atoms with Gasteiger partial charge < -0.3 is 15.4 Å². The van der Waals surface area contributed by atoms with Crippen LogP contribution in [0.3, 0.4) is 0 Å². The summed E-state index contributed by atoms with van der Waals surface area (Å²) < 4.78 is 5.62. The molecule has 1 fully saturated rings. The van der Waals surface area contributed by atoms with Crippen molar-refractivity contribution in [2.75, 3.05) is 13.1 Å². The van der Waals surface area contributed by atoms with E-state index in [-0.39, 0.29) is 11.9 Å². The average Bonchev–Trinajstić information content (AvgIpc) is 2.43. The van der Waals surface area contributed by atoms with E-state index in [1.165, 1.54) is 0 Å². The van der Waals surface area contributed by atoms with Gasteiger partial charge in [-0.05, 0) is 44.5 Å². The molecule has 20 heavy (non-hydrogen) atoms. The van der Waals surface area contributed by atoms with Crippen molar-refractivity contribution in [1.29, 1.82) is 0 Å². The Labute approximate surface area is 124 Å². The number of carbonyl (C=O) groups is 1. The molecule has 0 aliphatic carbocycles. The lowest BCUT2D eigenvalue weighted by molar-refractivity contribution is -0.128. The minimum absolute atomic E-state index is 0.0938. The summed E-state index contributed by atoms with van der Waals surface area (Å²) in [5, 5.41) is 6.89. The van der Waals surface area contributed by atoms with Crippen molar-refractivity contribution in [2.45, 2.75) is 32.4 Å². The minimum Gasteiger partial charge on any atom is -0.479 e. The molecule has 2 N–H and O–H groups in total. The molecule has 2 rings (SSSR count). The molecule has 0 radical (unpaired) electrons. The highest BCUT2D eigenvalue weighted by Gasteiger charge is 2.25. The lowest BCUT2D eigenvalue weighted by Crippen LogP contribution is -2.51. The topological polar surface area (TPSA) is 50.4 Å². The van der Waals surface area contributed by atoms with Gasteiger partial charge in [0.2, 0.25) is 0 Å². The van der Waals surface area contributed by atoms with Gasteiger partial charge in [0.1, 0.15) is 5.75 Å². The normalized spacial score (nSPS) is 23.9. The van der Waals surface area contributed by atoms with Crippen molar-refractivity contribution in [3.63, 3.8) is 0 Å². The van der Waals surface area contributed by atoms with E-state index >= 15 is 0 Å². The van der Waals surface area contributed by atoms with E-state index in [9.17, 15) is 4.79 Å². The second-order valence-corrected chi connectivity index (χ2v) is 5.68. The summed E-state index contributed by atoms with van der Waals surface area (Å²) in [5.74, 6) is 0.874. The molecule has 1 aliphatic rings. The molecule has 1 aromatic carbocycles. The van der Waals surface area contributed by atoms with Gasteiger partial charge in [-0.2, -0.15) is 0 Å². The fraction of sp³-hybridized carbons (Fsp3) is 0.533. The lowest BCUT2D eigenvalue weighted by atomic mass is 9.95. The van der Waals surface area contributed by atoms with E-state index < -0.39 is 6.10 Å². The molecule has 3 atom stereocenters. The first-order chi connectivity index (χ1) is 9.58. The Bertz CT molecular complexity index is 467. The molecule has 1 aromatic rings. The number of rotatable bonds is 4. The third kappa shape index (κ3) is 3.87. The van der Waals surface area contributed by atoms with Crippen LogP contribution in [-0.2, 0) is 4.79 Å². The lowest BCUT2D eigenvalue weighted by Gasteiger charge is -2.31. The Kier molecular flexibility index (Phi) is 5.26. The van der Waals surface area contributed by atoms with Gasteiger partial charge in [0.05, 0.1) is 5.02 Å². The fourth-order valence-corrected chi connectivity index (χ4v) is 2.49. The second-order valence-electron chi connectivity index (χ2n) is 5.28. The summed E-state index contributed by atoms with van der Waals surface area (Å²) in [6.45, 7) is 5.75. The molecule has 4 nitrogen and oxygen atoms in total. The maximum Gasteiger partial charge on any atom is 0.261 e. The zero-order valence-electron chi connectivity index (χ0n) is 11.9. The molecule has 3 unspecified atom stereocenters.